The summed E-state index contributed by atoms with van der Waals surface area (Å²) < 4.78 is 34.0. The quantitative estimate of drug-likeness (QED) is 0.0601. The van der Waals surface area contributed by atoms with E-state index >= 15 is 0 Å². The van der Waals surface area contributed by atoms with Gasteiger partial charge in [-0.2, -0.15) is 0 Å². The maximum atomic E-state index is 12.0. The maximum Gasteiger partial charge on any atom is 0.338 e. The highest BCUT2D eigenvalue weighted by molar-refractivity contribution is 5.90. The number of hydrogen-bond donors (Lipinski definition) is 0. The van der Waals surface area contributed by atoms with Crippen molar-refractivity contribution in [3.05, 3.63) is 199 Å². The molecule has 10 aliphatic carbocycles. The molecule has 10 aliphatic rings. The van der Waals surface area contributed by atoms with Gasteiger partial charge >= 0.3 is 29.8 Å². The Kier molecular flexibility index (Phi) is 27.2. The molecule has 1 atom stereocenters. The molecular weight excluding hydrogens is 1210 g/mol. The van der Waals surface area contributed by atoms with Crippen molar-refractivity contribution in [3.63, 3.8) is 0 Å². The molecule has 0 aromatic heterocycles. The molecule has 0 radical (unpaired) electrons. The van der Waals surface area contributed by atoms with Gasteiger partial charge in [0.05, 0.1) is 5.56 Å². The predicted molar refractivity (Wildman–Crippen MR) is 391 cm³/mol. The molecule has 8 bridgehead atoms. The van der Waals surface area contributed by atoms with Crippen LogP contribution in [0.25, 0.3) is 12.2 Å². The molecule has 97 heavy (non-hydrogen) atoms. The van der Waals surface area contributed by atoms with Crippen LogP contribution < -0.4 is 4.74 Å². The van der Waals surface area contributed by atoms with Crippen molar-refractivity contribution in [2.75, 3.05) is 0 Å². The lowest BCUT2D eigenvalue weighted by atomic mass is 9.49. The largest absolute Gasteiger partial charge is 0.488 e. The van der Waals surface area contributed by atoms with E-state index in [-0.39, 0.29) is 58.4 Å². The van der Waals surface area contributed by atoms with Crippen LogP contribution in [0.3, 0.4) is 0 Å². The van der Waals surface area contributed by atoms with Gasteiger partial charge in [-0.1, -0.05) is 150 Å². The van der Waals surface area contributed by atoms with Gasteiger partial charge in [-0.25, -0.2) is 24.0 Å². The summed E-state index contributed by atoms with van der Waals surface area (Å²) in [5, 5.41) is 0. The third-order valence-corrected chi connectivity index (χ3v) is 21.5. The second kappa shape index (κ2) is 34.3. The first kappa shape index (κ1) is 76.8. The highest BCUT2D eigenvalue weighted by atomic mass is 16.6. The highest BCUT2D eigenvalue weighted by Crippen LogP contribution is 2.61. The van der Waals surface area contributed by atoms with E-state index in [2.05, 4.69) is 65.5 Å². The first-order chi connectivity index (χ1) is 45.9. The first-order valence-corrected chi connectivity index (χ1v) is 35.9. The van der Waals surface area contributed by atoms with Crippen molar-refractivity contribution in [1.82, 2.24) is 0 Å². The average molecular weight is 1320 g/mol. The fraction of sp³-hybridized carbons (Fsp3) is 0.523. The topological polar surface area (TPSA) is 141 Å². The van der Waals surface area contributed by atoms with Gasteiger partial charge in [-0.3, -0.25) is 0 Å². The first-order valence-electron chi connectivity index (χ1n) is 35.9. The van der Waals surface area contributed by atoms with Crippen LogP contribution in [0.5, 0.6) is 5.75 Å². The molecule has 11 nitrogen and oxygen atoms in total. The van der Waals surface area contributed by atoms with E-state index in [9.17, 15) is 24.0 Å². The van der Waals surface area contributed by atoms with E-state index in [0.717, 1.165) is 109 Å². The third-order valence-electron chi connectivity index (χ3n) is 21.5. The van der Waals surface area contributed by atoms with E-state index in [1.54, 1.807) is 45.9 Å². The van der Waals surface area contributed by atoms with Crippen molar-refractivity contribution in [1.29, 1.82) is 0 Å². The normalized spacial score (nSPS) is 26.2. The Morgan fingerprint density at radius 1 is 0.495 bits per heavy atom. The van der Waals surface area contributed by atoms with Gasteiger partial charge in [0.1, 0.15) is 39.9 Å². The van der Waals surface area contributed by atoms with Crippen LogP contribution in [-0.4, -0.2) is 52.3 Å². The zero-order valence-electron chi connectivity index (χ0n) is 60.6. The number of carbonyl (C=O) groups excluding carboxylic acids is 5. The lowest BCUT2D eigenvalue weighted by molar-refractivity contribution is -0.207. The van der Waals surface area contributed by atoms with E-state index in [1.807, 2.05) is 126 Å². The maximum absolute atomic E-state index is 12.0. The molecular formula is C86H114O11. The second-order valence-electron chi connectivity index (χ2n) is 30.6. The summed E-state index contributed by atoms with van der Waals surface area (Å²) in [5.74, 6) is 5.76. The lowest BCUT2D eigenvalue weighted by Gasteiger charge is -2.60. The van der Waals surface area contributed by atoms with Gasteiger partial charge in [0, 0.05) is 22.3 Å². The van der Waals surface area contributed by atoms with Gasteiger partial charge in [-0.15, -0.1) is 0 Å². The Labute approximate surface area is 582 Å². The molecule has 524 valence electrons. The minimum Gasteiger partial charge on any atom is -0.488 e. The molecule has 0 spiro atoms. The lowest BCUT2D eigenvalue weighted by Crippen LogP contribution is -2.59. The molecule has 0 heterocycles. The van der Waals surface area contributed by atoms with Gasteiger partial charge < -0.3 is 28.4 Å². The smallest absolute Gasteiger partial charge is 0.338 e. The predicted octanol–water partition coefficient (Wildman–Crippen LogP) is 21.2. The number of hydrogen-bond acceptors (Lipinski definition) is 11. The van der Waals surface area contributed by atoms with E-state index < -0.39 is 5.60 Å². The fourth-order valence-corrected chi connectivity index (χ4v) is 16.6. The van der Waals surface area contributed by atoms with Crippen LogP contribution >= 0.6 is 0 Å². The summed E-state index contributed by atoms with van der Waals surface area (Å²) in [6.07, 6.45) is 26.9. The van der Waals surface area contributed by atoms with Crippen LogP contribution in [0, 0.1) is 47.3 Å². The van der Waals surface area contributed by atoms with E-state index in [0.29, 0.717) is 51.5 Å². The minimum absolute atomic E-state index is 0.129. The minimum atomic E-state index is -0.435. The van der Waals surface area contributed by atoms with E-state index in [1.165, 1.54) is 70.6 Å². The Balaban J connectivity index is 0.000000165. The van der Waals surface area contributed by atoms with Crippen molar-refractivity contribution >= 4 is 42.0 Å². The molecule has 14 rings (SSSR count). The summed E-state index contributed by atoms with van der Waals surface area (Å²) in [6, 6.07) is 34.9. The van der Waals surface area contributed by atoms with Gasteiger partial charge in [-0.05, 0) is 285 Å². The molecule has 0 N–H and O–H groups in total. The summed E-state index contributed by atoms with van der Waals surface area (Å²) in [6.45, 7) is 43.2. The molecule has 11 heteroatoms. The van der Waals surface area contributed by atoms with Crippen molar-refractivity contribution < 1.29 is 52.4 Å². The number of rotatable bonds is 16. The van der Waals surface area contributed by atoms with Crippen LogP contribution in [-0.2, 0) is 48.5 Å². The molecule has 0 saturated heterocycles. The molecule has 0 aliphatic heterocycles. The van der Waals surface area contributed by atoms with Crippen LogP contribution in [0.15, 0.2) is 171 Å². The highest BCUT2D eigenvalue weighted by Gasteiger charge is 2.59. The van der Waals surface area contributed by atoms with Gasteiger partial charge in [0.2, 0.25) is 0 Å². The molecule has 4 aromatic rings. The number of carbonyl (C=O) groups is 5. The van der Waals surface area contributed by atoms with Crippen LogP contribution in [0.1, 0.15) is 243 Å². The van der Waals surface area contributed by atoms with Crippen molar-refractivity contribution in [2.24, 2.45) is 47.3 Å². The summed E-state index contributed by atoms with van der Waals surface area (Å²) >= 11 is 0. The standard InChI is InChI=1S/C16H24O2.C16H20O2.C15H22O2.C15H18O2.C12H14O2.C12H16O/c1-4-16(18-15(17)10(2)3)13-6-11-5-12(8-13)9-14(16)7-11;1-13(2)15(17)18-16(11-7-4-8-12-16)14-9-5-3-6-10-14;1-9(2)14(16)17-15(3)12-5-10-4-11(7-12)8-13(15)6-10;1-3-12-6-8-13(9-7-12)14(16)17-15(2)10-4-5-11-15;1-9(2)12(13)14-10(3)11-7-5-4-6-8-11;1-5-10-6-8-11(9-7-10)13-12(2,3)4/h11-14H,2,4-9H2,1,3H3;3,5-6,9-10H,1,4,7-8,11-12H2,2H3;10-13H,1,4-8H2,2-3H3;3,6-9H,1,4-5,10-11H2,2H3;4-8,10H,1H2,2-3H3;5-9H,1H2,2-4H3. The molecule has 4 aromatic carbocycles. The molecule has 10 fully saturated rings. The van der Waals surface area contributed by atoms with E-state index in [4.69, 9.17) is 28.4 Å². The number of benzene rings is 4. The van der Waals surface area contributed by atoms with Gasteiger partial charge in [0.15, 0.2) is 0 Å². The SMILES string of the molecule is C=C(C)C(=O)OC(C)c1ccccc1.C=C(C)C(=O)OC1(C)C2CC3CC(C2)CC1C3.C=C(C)C(=O)OC1(CC)C2CC3CC(C2)CC1C3.C=C(C)C(=O)OC1(c2ccccc2)CCCCC1.C=Cc1ccc(C(=O)OC2(C)CCCC2)cc1.C=Cc1ccc(OC(C)(C)C)cc1. The van der Waals surface area contributed by atoms with Crippen LogP contribution in [0.2, 0.25) is 0 Å². The second-order valence-corrected chi connectivity index (χ2v) is 30.6. The third kappa shape index (κ3) is 21.0. The van der Waals surface area contributed by atoms with Crippen molar-refractivity contribution in [3.8, 4) is 5.75 Å². The molecule has 1 unspecified atom stereocenters. The fourth-order valence-electron chi connectivity index (χ4n) is 16.6. The molecule has 0 amide bonds. The monoisotopic (exact) mass is 1320 g/mol. The zero-order valence-corrected chi connectivity index (χ0v) is 60.6. The number of esters is 5. The van der Waals surface area contributed by atoms with Gasteiger partial charge in [0.25, 0.3) is 0 Å². The Bertz CT molecular complexity index is 3290. The summed E-state index contributed by atoms with van der Waals surface area (Å²) in [4.78, 5) is 58.8. The Morgan fingerprint density at radius 3 is 1.32 bits per heavy atom. The zero-order chi connectivity index (χ0) is 70.9. The average Bonchev–Trinajstić information content (AvgIpc) is 0.763. The summed E-state index contributed by atoms with van der Waals surface area (Å²) in [7, 11) is 0. The Hall–Kier alpha value is -7.53. The van der Waals surface area contributed by atoms with Crippen LogP contribution in [0.4, 0.5) is 0 Å². The summed E-state index contributed by atoms with van der Waals surface area (Å²) in [5.41, 5.74) is 5.60. The Morgan fingerprint density at radius 2 is 0.897 bits per heavy atom. The number of ether oxygens (including phenoxy) is 6. The van der Waals surface area contributed by atoms with Crippen molar-refractivity contribution in [2.45, 2.75) is 239 Å². The molecule has 10 saturated carbocycles.